The second kappa shape index (κ2) is 6.06. The minimum atomic E-state index is -3.60. The molecule has 0 unspecified atom stereocenters. The Hall–Kier alpha value is -1.86. The normalized spacial score (nSPS) is 11.5. The minimum absolute atomic E-state index is 0.134. The first-order valence-corrected chi connectivity index (χ1v) is 7.81. The lowest BCUT2D eigenvalue weighted by Gasteiger charge is -2.09. The van der Waals surface area contributed by atoms with Crippen LogP contribution in [-0.4, -0.2) is 24.7 Å². The Morgan fingerprint density at radius 1 is 1.20 bits per heavy atom. The second-order valence-electron chi connectivity index (χ2n) is 4.38. The van der Waals surface area contributed by atoms with Gasteiger partial charge in [0.15, 0.2) is 5.03 Å². The molecule has 0 aliphatic heterocycles. The van der Waals surface area contributed by atoms with E-state index < -0.39 is 10.0 Å². The zero-order valence-electron chi connectivity index (χ0n) is 11.5. The van der Waals surface area contributed by atoms with Crippen LogP contribution in [0, 0.1) is 0 Å². The number of nitrogens with one attached hydrogen (secondary N) is 2. The van der Waals surface area contributed by atoms with Crippen LogP contribution in [-0.2, 0) is 23.6 Å². The number of hydrogen-bond acceptors (Lipinski definition) is 4. The van der Waals surface area contributed by atoms with E-state index in [1.165, 1.54) is 16.9 Å². The summed E-state index contributed by atoms with van der Waals surface area (Å²) in [4.78, 5) is 0. The average Bonchev–Trinajstić information content (AvgIpc) is 2.85. The topological polar surface area (TPSA) is 76.0 Å². The van der Waals surface area contributed by atoms with Crippen molar-refractivity contribution < 1.29 is 8.42 Å². The lowest BCUT2D eigenvalue weighted by molar-refractivity contribution is 0.582. The van der Waals surface area contributed by atoms with E-state index in [1.54, 1.807) is 19.2 Å². The maximum absolute atomic E-state index is 12.2. The van der Waals surface area contributed by atoms with Crippen LogP contribution >= 0.6 is 0 Å². The minimum Gasteiger partial charge on any atom is -0.313 e. The Labute approximate surface area is 118 Å². The molecule has 1 aromatic carbocycles. The van der Waals surface area contributed by atoms with Crippen molar-refractivity contribution in [1.29, 1.82) is 0 Å². The molecule has 0 amide bonds. The van der Waals surface area contributed by atoms with Crippen molar-refractivity contribution in [2.45, 2.75) is 18.5 Å². The largest absolute Gasteiger partial charge is 0.313 e. The highest BCUT2D eigenvalue weighted by atomic mass is 32.2. The molecule has 1 heterocycles. The van der Waals surface area contributed by atoms with Gasteiger partial charge in [-0.25, -0.2) is 0 Å². The molecule has 2 N–H and O–H groups in total. The molecule has 0 saturated carbocycles. The summed E-state index contributed by atoms with van der Waals surface area (Å²) in [6, 6.07) is 8.75. The summed E-state index contributed by atoms with van der Waals surface area (Å²) in [6.07, 6.45) is 1.45. The first-order chi connectivity index (χ1) is 9.53. The van der Waals surface area contributed by atoms with Gasteiger partial charge in [-0.3, -0.25) is 9.40 Å². The Bertz CT molecular complexity index is 662. The molecule has 7 heteroatoms. The van der Waals surface area contributed by atoms with Crippen LogP contribution in [0.2, 0.25) is 0 Å². The predicted molar refractivity (Wildman–Crippen MR) is 77.8 cm³/mol. The van der Waals surface area contributed by atoms with Gasteiger partial charge in [0, 0.05) is 19.3 Å². The summed E-state index contributed by atoms with van der Waals surface area (Å²) < 4.78 is 28.2. The quantitative estimate of drug-likeness (QED) is 0.843. The fraction of sp³-hybridized carbons (Fsp3) is 0.308. The van der Waals surface area contributed by atoms with Gasteiger partial charge in [-0.1, -0.05) is 19.1 Å². The molecule has 0 aliphatic carbocycles. The molecule has 0 bridgehead atoms. The highest BCUT2D eigenvalue weighted by Crippen LogP contribution is 2.15. The third-order valence-corrected chi connectivity index (χ3v) is 4.29. The zero-order valence-corrected chi connectivity index (χ0v) is 12.3. The van der Waals surface area contributed by atoms with Crippen molar-refractivity contribution in [2.24, 2.45) is 7.05 Å². The Balaban J connectivity index is 2.12. The summed E-state index contributed by atoms with van der Waals surface area (Å²) in [7, 11) is -2.00. The number of anilines is 1. The molecule has 6 nitrogen and oxygen atoms in total. The molecule has 0 spiro atoms. The summed E-state index contributed by atoms with van der Waals surface area (Å²) in [5, 5.41) is 7.21. The van der Waals surface area contributed by atoms with Crippen molar-refractivity contribution in [1.82, 2.24) is 15.1 Å². The third kappa shape index (κ3) is 3.37. The van der Waals surface area contributed by atoms with E-state index in [-0.39, 0.29) is 5.03 Å². The standard InChI is InChI=1S/C13H18N4O2S/c1-3-14-10-11-4-6-12(7-5-11)16-20(18,19)13-8-9-15-17(13)2/h4-9,14,16H,3,10H2,1-2H3. The average molecular weight is 294 g/mol. The SMILES string of the molecule is CCNCc1ccc(NS(=O)(=O)c2ccnn2C)cc1. The molecule has 1 aromatic heterocycles. The number of nitrogens with zero attached hydrogens (tertiary/aromatic N) is 2. The van der Waals surface area contributed by atoms with Crippen LogP contribution in [0.3, 0.4) is 0 Å². The fourth-order valence-corrected chi connectivity index (χ4v) is 2.98. The van der Waals surface area contributed by atoms with Gasteiger partial charge in [0.25, 0.3) is 10.0 Å². The highest BCUT2D eigenvalue weighted by molar-refractivity contribution is 7.92. The Morgan fingerprint density at radius 3 is 2.45 bits per heavy atom. The van der Waals surface area contributed by atoms with Gasteiger partial charge in [0.05, 0.1) is 6.20 Å². The van der Waals surface area contributed by atoms with Crippen LogP contribution < -0.4 is 10.0 Å². The number of aryl methyl sites for hydroxylation is 1. The summed E-state index contributed by atoms with van der Waals surface area (Å²) in [5.74, 6) is 0. The zero-order chi connectivity index (χ0) is 14.6. The van der Waals surface area contributed by atoms with Gasteiger partial charge in [-0.15, -0.1) is 0 Å². The molecule has 2 rings (SSSR count). The van der Waals surface area contributed by atoms with E-state index in [1.807, 2.05) is 19.1 Å². The molecule has 0 atom stereocenters. The van der Waals surface area contributed by atoms with Crippen LogP contribution in [0.1, 0.15) is 12.5 Å². The summed E-state index contributed by atoms with van der Waals surface area (Å²) >= 11 is 0. The second-order valence-corrected chi connectivity index (χ2v) is 6.01. The first-order valence-electron chi connectivity index (χ1n) is 6.33. The van der Waals surface area contributed by atoms with E-state index in [0.717, 1.165) is 18.7 Å². The Kier molecular flexibility index (Phi) is 4.41. The van der Waals surface area contributed by atoms with E-state index in [9.17, 15) is 8.42 Å². The van der Waals surface area contributed by atoms with E-state index in [0.29, 0.717) is 5.69 Å². The molecule has 0 radical (unpaired) electrons. The molecular weight excluding hydrogens is 276 g/mol. The fourth-order valence-electron chi connectivity index (χ4n) is 1.79. The van der Waals surface area contributed by atoms with Gasteiger partial charge in [0.1, 0.15) is 0 Å². The summed E-state index contributed by atoms with van der Waals surface area (Å²) in [5.41, 5.74) is 1.64. The smallest absolute Gasteiger partial charge is 0.279 e. The highest BCUT2D eigenvalue weighted by Gasteiger charge is 2.17. The van der Waals surface area contributed by atoms with Crippen molar-refractivity contribution in [3.8, 4) is 0 Å². The number of rotatable bonds is 6. The van der Waals surface area contributed by atoms with Crippen LogP contribution in [0.25, 0.3) is 0 Å². The molecular formula is C13H18N4O2S. The lowest BCUT2D eigenvalue weighted by atomic mass is 10.2. The molecule has 20 heavy (non-hydrogen) atoms. The molecule has 0 saturated heterocycles. The number of hydrogen-bond donors (Lipinski definition) is 2. The molecule has 0 fully saturated rings. The monoisotopic (exact) mass is 294 g/mol. The molecule has 108 valence electrons. The van der Waals surface area contributed by atoms with Gasteiger partial charge < -0.3 is 5.32 Å². The third-order valence-electron chi connectivity index (χ3n) is 2.84. The summed E-state index contributed by atoms with van der Waals surface area (Å²) in [6.45, 7) is 3.70. The van der Waals surface area contributed by atoms with Crippen LogP contribution in [0.4, 0.5) is 5.69 Å². The maximum atomic E-state index is 12.2. The lowest BCUT2D eigenvalue weighted by Crippen LogP contribution is -2.16. The van der Waals surface area contributed by atoms with Crippen molar-refractivity contribution >= 4 is 15.7 Å². The predicted octanol–water partition coefficient (Wildman–Crippen LogP) is 1.33. The number of benzene rings is 1. The number of aromatic nitrogens is 2. The van der Waals surface area contributed by atoms with Crippen molar-refractivity contribution in [2.75, 3.05) is 11.3 Å². The van der Waals surface area contributed by atoms with Crippen molar-refractivity contribution in [3.63, 3.8) is 0 Å². The van der Waals surface area contributed by atoms with Gasteiger partial charge >= 0.3 is 0 Å². The van der Waals surface area contributed by atoms with Crippen LogP contribution in [0.15, 0.2) is 41.6 Å². The first kappa shape index (κ1) is 14.5. The molecule has 0 aliphatic rings. The Morgan fingerprint density at radius 2 is 1.90 bits per heavy atom. The van der Waals surface area contributed by atoms with Gasteiger partial charge in [0.2, 0.25) is 0 Å². The van der Waals surface area contributed by atoms with Crippen LogP contribution in [0.5, 0.6) is 0 Å². The number of sulfonamides is 1. The van der Waals surface area contributed by atoms with E-state index in [2.05, 4.69) is 15.1 Å². The van der Waals surface area contributed by atoms with Crippen molar-refractivity contribution in [3.05, 3.63) is 42.1 Å². The van der Waals surface area contributed by atoms with E-state index >= 15 is 0 Å². The van der Waals surface area contributed by atoms with Gasteiger partial charge in [-0.2, -0.15) is 13.5 Å². The molecule has 2 aromatic rings. The maximum Gasteiger partial charge on any atom is 0.279 e. The van der Waals surface area contributed by atoms with E-state index in [4.69, 9.17) is 0 Å². The van der Waals surface area contributed by atoms with Gasteiger partial charge in [-0.05, 0) is 30.3 Å².